The minimum absolute atomic E-state index is 1.08. The van der Waals surface area contributed by atoms with Crippen LogP contribution in [0.15, 0.2) is 30.3 Å². The molecule has 0 atom stereocenters. The van der Waals surface area contributed by atoms with Gasteiger partial charge in [0.05, 0.1) is 0 Å². The van der Waals surface area contributed by atoms with E-state index in [0.29, 0.717) is 0 Å². The summed E-state index contributed by atoms with van der Waals surface area (Å²) in [5.74, 6) is 0. The van der Waals surface area contributed by atoms with Crippen LogP contribution in [0, 0.1) is 13.8 Å². The van der Waals surface area contributed by atoms with Gasteiger partial charge in [-0.15, -0.1) is 0 Å². The summed E-state index contributed by atoms with van der Waals surface area (Å²) in [6, 6.07) is 8.92. The third kappa shape index (κ3) is 1.14. The third-order valence-electron chi connectivity index (χ3n) is 3.44. The minimum Gasteiger partial charge on any atom is -0.0795 e. The van der Waals surface area contributed by atoms with Crippen molar-refractivity contribution in [3.8, 4) is 0 Å². The number of rotatable bonds is 0. The molecule has 15 heavy (non-hydrogen) atoms. The first kappa shape index (κ1) is 8.72. The second-order valence-electron chi connectivity index (χ2n) is 4.35. The first-order valence-corrected chi connectivity index (χ1v) is 5.46. The van der Waals surface area contributed by atoms with Gasteiger partial charge in [0.1, 0.15) is 0 Å². The molecular formula is C15H14. The molecular weight excluding hydrogens is 180 g/mol. The summed E-state index contributed by atoms with van der Waals surface area (Å²) in [7, 11) is 0. The van der Waals surface area contributed by atoms with E-state index < -0.39 is 0 Å². The maximum Gasteiger partial charge on any atom is -0.00734 e. The molecule has 0 N–H and O–H groups in total. The summed E-state index contributed by atoms with van der Waals surface area (Å²) in [5, 5.41) is 2.85. The van der Waals surface area contributed by atoms with Crippen molar-refractivity contribution in [3.63, 3.8) is 0 Å². The van der Waals surface area contributed by atoms with Crippen molar-refractivity contribution >= 4 is 16.8 Å². The SMILES string of the molecule is Cc1cc2cccc3c2c(c1C)C=CC3. The average Bonchev–Trinajstić information content (AvgIpc) is 2.26. The molecule has 1 aliphatic rings. The van der Waals surface area contributed by atoms with Gasteiger partial charge in [0.25, 0.3) is 0 Å². The molecule has 0 radical (unpaired) electrons. The molecule has 0 aromatic heterocycles. The minimum atomic E-state index is 1.08. The summed E-state index contributed by atoms with van der Waals surface area (Å²) in [4.78, 5) is 0. The Labute approximate surface area is 90.2 Å². The molecule has 0 fully saturated rings. The standard InChI is InChI=1S/C15H14/c1-10-9-13-7-3-5-12-6-4-8-14(11(10)2)15(12)13/h3-5,7-9H,6H2,1-2H3. The number of aryl methyl sites for hydroxylation is 1. The van der Waals surface area contributed by atoms with Crippen LogP contribution in [-0.2, 0) is 6.42 Å². The Balaban J connectivity index is 2.57. The molecule has 0 saturated heterocycles. The van der Waals surface area contributed by atoms with Crippen LogP contribution in [0.4, 0.5) is 0 Å². The van der Waals surface area contributed by atoms with Crippen molar-refractivity contribution in [2.24, 2.45) is 0 Å². The van der Waals surface area contributed by atoms with E-state index in [1.54, 1.807) is 0 Å². The number of hydrogen-bond donors (Lipinski definition) is 0. The maximum absolute atomic E-state index is 2.30. The predicted octanol–water partition coefficient (Wildman–Crippen LogP) is 4.03. The van der Waals surface area contributed by atoms with Gasteiger partial charge < -0.3 is 0 Å². The van der Waals surface area contributed by atoms with Crippen LogP contribution >= 0.6 is 0 Å². The molecule has 0 saturated carbocycles. The van der Waals surface area contributed by atoms with Crippen LogP contribution in [0.1, 0.15) is 22.3 Å². The van der Waals surface area contributed by atoms with Crippen LogP contribution in [0.2, 0.25) is 0 Å². The molecule has 0 heterocycles. The molecule has 0 bridgehead atoms. The third-order valence-corrected chi connectivity index (χ3v) is 3.44. The Kier molecular flexibility index (Phi) is 1.72. The van der Waals surface area contributed by atoms with Crippen LogP contribution < -0.4 is 0 Å². The molecule has 1 aliphatic carbocycles. The Morgan fingerprint density at radius 1 is 1.13 bits per heavy atom. The fourth-order valence-electron chi connectivity index (χ4n) is 2.49. The summed E-state index contributed by atoms with van der Waals surface area (Å²) >= 11 is 0. The molecule has 3 rings (SSSR count). The molecule has 0 aliphatic heterocycles. The lowest BCUT2D eigenvalue weighted by Gasteiger charge is -2.16. The van der Waals surface area contributed by atoms with E-state index in [1.165, 1.54) is 33.0 Å². The van der Waals surface area contributed by atoms with Crippen LogP contribution in [0.3, 0.4) is 0 Å². The zero-order valence-electron chi connectivity index (χ0n) is 9.17. The predicted molar refractivity (Wildman–Crippen MR) is 66.2 cm³/mol. The summed E-state index contributed by atoms with van der Waals surface area (Å²) < 4.78 is 0. The number of hydrogen-bond acceptors (Lipinski definition) is 0. The summed E-state index contributed by atoms with van der Waals surface area (Å²) in [6.07, 6.45) is 5.62. The van der Waals surface area contributed by atoms with E-state index in [-0.39, 0.29) is 0 Å². The van der Waals surface area contributed by atoms with Crippen LogP contribution in [0.5, 0.6) is 0 Å². The zero-order valence-corrected chi connectivity index (χ0v) is 9.17. The highest BCUT2D eigenvalue weighted by atomic mass is 14.2. The van der Waals surface area contributed by atoms with Gasteiger partial charge >= 0.3 is 0 Å². The summed E-state index contributed by atoms with van der Waals surface area (Å²) in [6.45, 7) is 4.41. The van der Waals surface area contributed by atoms with Gasteiger partial charge in [-0.2, -0.15) is 0 Å². The highest BCUT2D eigenvalue weighted by Crippen LogP contribution is 2.32. The molecule has 2 aromatic rings. The molecule has 74 valence electrons. The topological polar surface area (TPSA) is 0 Å². The second-order valence-corrected chi connectivity index (χ2v) is 4.35. The highest BCUT2D eigenvalue weighted by molar-refractivity contribution is 5.96. The lowest BCUT2D eigenvalue weighted by molar-refractivity contribution is 1.26. The quantitative estimate of drug-likeness (QED) is 0.594. The highest BCUT2D eigenvalue weighted by Gasteiger charge is 2.11. The van der Waals surface area contributed by atoms with Gasteiger partial charge in [0.2, 0.25) is 0 Å². The summed E-state index contributed by atoms with van der Waals surface area (Å²) in [5.41, 5.74) is 5.70. The molecule has 0 heteroatoms. The van der Waals surface area contributed by atoms with Gasteiger partial charge in [-0.05, 0) is 53.3 Å². The van der Waals surface area contributed by atoms with Crippen molar-refractivity contribution in [1.29, 1.82) is 0 Å². The Morgan fingerprint density at radius 2 is 2.00 bits per heavy atom. The molecule has 2 aromatic carbocycles. The Morgan fingerprint density at radius 3 is 2.87 bits per heavy atom. The van der Waals surface area contributed by atoms with Gasteiger partial charge in [0, 0.05) is 0 Å². The van der Waals surface area contributed by atoms with Gasteiger partial charge in [0.15, 0.2) is 0 Å². The first-order chi connectivity index (χ1) is 7.27. The van der Waals surface area contributed by atoms with Crippen molar-refractivity contribution < 1.29 is 0 Å². The van der Waals surface area contributed by atoms with E-state index >= 15 is 0 Å². The molecule has 0 amide bonds. The van der Waals surface area contributed by atoms with E-state index in [4.69, 9.17) is 0 Å². The first-order valence-electron chi connectivity index (χ1n) is 5.46. The van der Waals surface area contributed by atoms with Crippen molar-refractivity contribution in [1.82, 2.24) is 0 Å². The van der Waals surface area contributed by atoms with E-state index in [9.17, 15) is 0 Å². The van der Waals surface area contributed by atoms with Crippen molar-refractivity contribution in [3.05, 3.63) is 52.6 Å². The fourth-order valence-corrected chi connectivity index (χ4v) is 2.49. The molecule has 0 unspecified atom stereocenters. The largest absolute Gasteiger partial charge is 0.0795 e. The molecule has 0 spiro atoms. The van der Waals surface area contributed by atoms with E-state index in [0.717, 1.165) is 6.42 Å². The Bertz CT molecular complexity index is 574. The number of allylic oxidation sites excluding steroid dienone is 1. The molecule has 0 nitrogen and oxygen atoms in total. The monoisotopic (exact) mass is 194 g/mol. The van der Waals surface area contributed by atoms with Gasteiger partial charge in [-0.1, -0.05) is 36.4 Å². The number of benzene rings is 2. The normalized spacial score (nSPS) is 13.5. The maximum atomic E-state index is 2.30. The lowest BCUT2D eigenvalue weighted by Crippen LogP contribution is -1.96. The van der Waals surface area contributed by atoms with E-state index in [1.807, 2.05) is 0 Å². The van der Waals surface area contributed by atoms with E-state index in [2.05, 4.69) is 50.3 Å². The smallest absolute Gasteiger partial charge is 0.00734 e. The van der Waals surface area contributed by atoms with Crippen molar-refractivity contribution in [2.75, 3.05) is 0 Å². The Hall–Kier alpha value is -1.56. The lowest BCUT2D eigenvalue weighted by atomic mass is 9.88. The fraction of sp³-hybridized carbons (Fsp3) is 0.200. The second kappa shape index (κ2) is 2.96. The van der Waals surface area contributed by atoms with Crippen LogP contribution in [0.25, 0.3) is 16.8 Å². The average molecular weight is 194 g/mol. The van der Waals surface area contributed by atoms with Crippen molar-refractivity contribution in [2.45, 2.75) is 20.3 Å². The van der Waals surface area contributed by atoms with Crippen LogP contribution in [-0.4, -0.2) is 0 Å². The van der Waals surface area contributed by atoms with Gasteiger partial charge in [-0.25, -0.2) is 0 Å². The van der Waals surface area contributed by atoms with Gasteiger partial charge in [-0.3, -0.25) is 0 Å². The zero-order chi connectivity index (χ0) is 10.4.